The van der Waals surface area contributed by atoms with Gasteiger partial charge in [-0.05, 0) is 12.8 Å². The Morgan fingerprint density at radius 2 is 1.83 bits per heavy atom. The average Bonchev–Trinajstić information content (AvgIpc) is 2.06. The third-order valence-electron chi connectivity index (χ3n) is 2.07. The number of urea groups is 1. The third kappa shape index (κ3) is 3.78. The second kappa shape index (κ2) is 6.08. The van der Waals surface area contributed by atoms with E-state index in [0.29, 0.717) is 6.04 Å². The molecule has 12 heavy (non-hydrogen) atoms. The molecule has 5 heteroatoms. The zero-order chi connectivity index (χ0) is 8.10. The molecule has 4 nitrogen and oxygen atoms in total. The van der Waals surface area contributed by atoms with Gasteiger partial charge in [0.15, 0.2) is 0 Å². The van der Waals surface area contributed by atoms with E-state index < -0.39 is 0 Å². The van der Waals surface area contributed by atoms with Crippen molar-refractivity contribution < 1.29 is 4.79 Å². The second-order valence-corrected chi connectivity index (χ2v) is 2.95. The van der Waals surface area contributed by atoms with Crippen molar-refractivity contribution in [1.82, 2.24) is 10.7 Å². The summed E-state index contributed by atoms with van der Waals surface area (Å²) >= 11 is 0. The fraction of sp³-hybridized carbons (Fsp3) is 0.857. The number of nitrogens with two attached hydrogens (primary N) is 1. The summed E-state index contributed by atoms with van der Waals surface area (Å²) in [5.74, 6) is 4.93. The van der Waals surface area contributed by atoms with Crippen LogP contribution in [0.1, 0.15) is 32.1 Å². The minimum Gasteiger partial charge on any atom is -0.334 e. The number of hydrogen-bond donors (Lipinski definition) is 3. The molecule has 0 saturated heterocycles. The standard InChI is InChI=1S/C7H15N3O.ClH/c8-10-7(11)9-6-4-2-1-3-5-6;/h6H,1-5,8H2,(H2,9,10,11);1H. The lowest BCUT2D eigenvalue weighted by Crippen LogP contribution is -2.45. The van der Waals surface area contributed by atoms with E-state index in [1.54, 1.807) is 0 Å². The molecular weight excluding hydrogens is 178 g/mol. The summed E-state index contributed by atoms with van der Waals surface area (Å²) in [5.41, 5.74) is 2.06. The molecule has 0 bridgehead atoms. The van der Waals surface area contributed by atoms with Crippen LogP contribution in [0.5, 0.6) is 0 Å². The van der Waals surface area contributed by atoms with Crippen LogP contribution in [0.25, 0.3) is 0 Å². The van der Waals surface area contributed by atoms with Gasteiger partial charge in [0.1, 0.15) is 0 Å². The van der Waals surface area contributed by atoms with Crippen molar-refractivity contribution in [2.24, 2.45) is 5.84 Å². The molecule has 1 saturated carbocycles. The number of carbonyl (C=O) groups is 1. The first-order valence-corrected chi connectivity index (χ1v) is 4.10. The number of rotatable bonds is 1. The third-order valence-corrected chi connectivity index (χ3v) is 2.07. The lowest BCUT2D eigenvalue weighted by Gasteiger charge is -2.22. The summed E-state index contributed by atoms with van der Waals surface area (Å²) in [6.45, 7) is 0. The average molecular weight is 194 g/mol. The zero-order valence-electron chi connectivity index (χ0n) is 7.01. The van der Waals surface area contributed by atoms with Gasteiger partial charge in [-0.1, -0.05) is 19.3 Å². The molecular formula is C7H16ClN3O. The van der Waals surface area contributed by atoms with Gasteiger partial charge in [0, 0.05) is 6.04 Å². The quantitative estimate of drug-likeness (QED) is 0.329. The van der Waals surface area contributed by atoms with Gasteiger partial charge in [0.2, 0.25) is 0 Å². The molecule has 0 radical (unpaired) electrons. The molecule has 1 aliphatic carbocycles. The maximum atomic E-state index is 10.7. The molecule has 0 aromatic rings. The highest BCUT2D eigenvalue weighted by Gasteiger charge is 2.14. The van der Waals surface area contributed by atoms with Crippen LogP contribution in [0.3, 0.4) is 0 Å². The Kier molecular flexibility index (Phi) is 5.84. The largest absolute Gasteiger partial charge is 0.334 e. The minimum atomic E-state index is -0.267. The van der Waals surface area contributed by atoms with Crippen molar-refractivity contribution in [3.8, 4) is 0 Å². The highest BCUT2D eigenvalue weighted by molar-refractivity contribution is 5.85. The van der Waals surface area contributed by atoms with Crippen molar-refractivity contribution in [2.75, 3.05) is 0 Å². The first kappa shape index (κ1) is 11.5. The number of hydrazine groups is 1. The Morgan fingerprint density at radius 1 is 1.25 bits per heavy atom. The summed E-state index contributed by atoms with van der Waals surface area (Å²) in [6, 6.07) is 0.0733. The van der Waals surface area contributed by atoms with E-state index in [2.05, 4.69) is 10.7 Å². The molecule has 0 heterocycles. The van der Waals surface area contributed by atoms with E-state index in [1.165, 1.54) is 19.3 Å². The van der Waals surface area contributed by atoms with Crippen LogP contribution in [-0.2, 0) is 0 Å². The molecule has 1 rings (SSSR count). The molecule has 0 aromatic heterocycles. The summed E-state index contributed by atoms with van der Waals surface area (Å²) in [4.78, 5) is 10.7. The first-order valence-electron chi connectivity index (χ1n) is 4.10. The predicted octanol–water partition coefficient (Wildman–Crippen LogP) is 0.914. The molecule has 0 aliphatic heterocycles. The number of hydrogen-bond acceptors (Lipinski definition) is 2. The monoisotopic (exact) mass is 193 g/mol. The molecule has 2 amide bonds. The smallest absolute Gasteiger partial charge is 0.329 e. The van der Waals surface area contributed by atoms with E-state index in [1.807, 2.05) is 0 Å². The van der Waals surface area contributed by atoms with Gasteiger partial charge in [0.05, 0.1) is 0 Å². The Bertz CT molecular complexity index is 137. The lowest BCUT2D eigenvalue weighted by atomic mass is 9.96. The second-order valence-electron chi connectivity index (χ2n) is 2.95. The van der Waals surface area contributed by atoms with E-state index in [4.69, 9.17) is 5.84 Å². The van der Waals surface area contributed by atoms with Crippen LogP contribution in [0.2, 0.25) is 0 Å². The Labute approximate surface area is 78.6 Å². The van der Waals surface area contributed by atoms with Crippen LogP contribution in [-0.4, -0.2) is 12.1 Å². The number of carbonyl (C=O) groups excluding carboxylic acids is 1. The zero-order valence-corrected chi connectivity index (χ0v) is 7.82. The van der Waals surface area contributed by atoms with Crippen LogP contribution in [0.15, 0.2) is 0 Å². The maximum Gasteiger partial charge on any atom is 0.329 e. The van der Waals surface area contributed by atoms with Crippen LogP contribution in [0, 0.1) is 0 Å². The molecule has 0 aromatic carbocycles. The van der Waals surface area contributed by atoms with Gasteiger partial charge < -0.3 is 5.32 Å². The molecule has 0 atom stereocenters. The molecule has 0 spiro atoms. The first-order chi connectivity index (χ1) is 5.33. The van der Waals surface area contributed by atoms with E-state index >= 15 is 0 Å². The van der Waals surface area contributed by atoms with Crippen molar-refractivity contribution in [1.29, 1.82) is 0 Å². The van der Waals surface area contributed by atoms with Crippen molar-refractivity contribution in [3.05, 3.63) is 0 Å². The molecule has 0 unspecified atom stereocenters. The summed E-state index contributed by atoms with van der Waals surface area (Å²) in [7, 11) is 0. The van der Waals surface area contributed by atoms with E-state index in [9.17, 15) is 4.79 Å². The van der Waals surface area contributed by atoms with Crippen LogP contribution >= 0.6 is 12.4 Å². The summed E-state index contributed by atoms with van der Waals surface area (Å²) in [6.07, 6.45) is 5.91. The molecule has 4 N–H and O–H groups in total. The molecule has 1 fully saturated rings. The topological polar surface area (TPSA) is 67.1 Å². The van der Waals surface area contributed by atoms with Crippen LogP contribution < -0.4 is 16.6 Å². The Balaban J connectivity index is 0.00000121. The van der Waals surface area contributed by atoms with Crippen molar-refractivity contribution >= 4 is 18.4 Å². The summed E-state index contributed by atoms with van der Waals surface area (Å²) in [5, 5.41) is 2.79. The van der Waals surface area contributed by atoms with E-state index in [-0.39, 0.29) is 18.4 Å². The van der Waals surface area contributed by atoms with Crippen molar-refractivity contribution in [3.63, 3.8) is 0 Å². The Hall–Kier alpha value is -0.480. The number of nitrogens with one attached hydrogen (secondary N) is 2. The SMILES string of the molecule is Cl.NNC(=O)NC1CCCCC1. The molecule has 72 valence electrons. The van der Waals surface area contributed by atoms with Gasteiger partial charge >= 0.3 is 6.03 Å². The van der Waals surface area contributed by atoms with Crippen LogP contribution in [0.4, 0.5) is 4.79 Å². The van der Waals surface area contributed by atoms with Gasteiger partial charge in [0.25, 0.3) is 0 Å². The molecule has 1 aliphatic rings. The van der Waals surface area contributed by atoms with Crippen molar-refractivity contribution in [2.45, 2.75) is 38.1 Å². The highest BCUT2D eigenvalue weighted by atomic mass is 35.5. The fourth-order valence-electron chi connectivity index (χ4n) is 1.47. The Morgan fingerprint density at radius 3 is 2.33 bits per heavy atom. The predicted molar refractivity (Wildman–Crippen MR) is 50.0 cm³/mol. The van der Waals surface area contributed by atoms with E-state index in [0.717, 1.165) is 12.8 Å². The highest BCUT2D eigenvalue weighted by Crippen LogP contribution is 2.16. The van der Waals surface area contributed by atoms with Gasteiger partial charge in [-0.25, -0.2) is 10.6 Å². The van der Waals surface area contributed by atoms with Gasteiger partial charge in [-0.2, -0.15) is 0 Å². The van der Waals surface area contributed by atoms with Gasteiger partial charge in [-0.15, -0.1) is 12.4 Å². The number of amides is 2. The fourth-order valence-corrected chi connectivity index (χ4v) is 1.47. The maximum absolute atomic E-state index is 10.7. The number of halogens is 1. The van der Waals surface area contributed by atoms with Gasteiger partial charge in [-0.3, -0.25) is 5.43 Å². The lowest BCUT2D eigenvalue weighted by molar-refractivity contribution is 0.233. The minimum absolute atomic E-state index is 0. The summed E-state index contributed by atoms with van der Waals surface area (Å²) < 4.78 is 0. The normalized spacial score (nSPS) is 17.8.